The Morgan fingerprint density at radius 1 is 1.41 bits per heavy atom. The van der Waals surface area contributed by atoms with E-state index >= 15 is 0 Å². The van der Waals surface area contributed by atoms with E-state index in [0.29, 0.717) is 23.6 Å². The van der Waals surface area contributed by atoms with Crippen LogP contribution in [0.4, 0.5) is 5.69 Å². The number of hydrogen-bond acceptors (Lipinski definition) is 3. The molecule has 0 radical (unpaired) electrons. The monoisotopic (exact) mass is 233 g/mol. The molecule has 0 bridgehead atoms. The number of benzene rings is 1. The number of nitrogens with one attached hydrogen (secondary N) is 1. The second kappa shape index (κ2) is 4.99. The van der Waals surface area contributed by atoms with Gasteiger partial charge < -0.3 is 10.1 Å². The summed E-state index contributed by atoms with van der Waals surface area (Å²) >= 11 is 0. The summed E-state index contributed by atoms with van der Waals surface area (Å²) in [7, 11) is 1.33. The quantitative estimate of drug-likeness (QED) is 0.811. The first-order valence-corrected chi connectivity index (χ1v) is 5.67. The molecule has 1 saturated carbocycles. The van der Waals surface area contributed by atoms with Crippen LogP contribution in [0.15, 0.2) is 24.3 Å². The Hall–Kier alpha value is -1.84. The number of methoxy groups -OCH3 is 1. The second-order valence-corrected chi connectivity index (χ2v) is 4.27. The zero-order valence-electron chi connectivity index (χ0n) is 9.73. The lowest BCUT2D eigenvalue weighted by Gasteiger charge is -2.06. The topological polar surface area (TPSA) is 55.4 Å². The zero-order chi connectivity index (χ0) is 12.3. The minimum atomic E-state index is -0.400. The normalized spacial score (nSPS) is 14.2. The van der Waals surface area contributed by atoms with Gasteiger partial charge in [0.1, 0.15) is 0 Å². The van der Waals surface area contributed by atoms with Gasteiger partial charge in [-0.2, -0.15) is 0 Å². The van der Waals surface area contributed by atoms with E-state index in [1.165, 1.54) is 7.11 Å². The predicted octanol–water partition coefficient (Wildman–Crippen LogP) is 2.21. The lowest BCUT2D eigenvalue weighted by Crippen LogP contribution is -2.12. The molecule has 1 fully saturated rings. The molecule has 0 atom stereocenters. The van der Waals surface area contributed by atoms with Crippen molar-refractivity contribution in [1.82, 2.24) is 0 Å². The summed E-state index contributed by atoms with van der Waals surface area (Å²) < 4.78 is 4.62. The summed E-state index contributed by atoms with van der Waals surface area (Å²) in [6.07, 6.45) is 2.87. The molecule has 4 heteroatoms. The van der Waals surface area contributed by atoms with Crippen molar-refractivity contribution >= 4 is 17.6 Å². The summed E-state index contributed by atoms with van der Waals surface area (Å²) in [5, 5.41) is 2.79. The zero-order valence-corrected chi connectivity index (χ0v) is 9.73. The molecule has 1 aliphatic carbocycles. The predicted molar refractivity (Wildman–Crippen MR) is 63.8 cm³/mol. The van der Waals surface area contributed by atoms with Crippen LogP contribution >= 0.6 is 0 Å². The summed E-state index contributed by atoms with van der Waals surface area (Å²) in [6.45, 7) is 0. The largest absolute Gasteiger partial charge is 0.465 e. The van der Waals surface area contributed by atoms with Crippen LogP contribution in [-0.4, -0.2) is 19.0 Å². The van der Waals surface area contributed by atoms with Crippen molar-refractivity contribution < 1.29 is 14.3 Å². The minimum absolute atomic E-state index is 0.00881. The highest BCUT2D eigenvalue weighted by atomic mass is 16.5. The maximum Gasteiger partial charge on any atom is 0.337 e. The molecule has 90 valence electrons. The van der Waals surface area contributed by atoms with Gasteiger partial charge >= 0.3 is 5.97 Å². The van der Waals surface area contributed by atoms with Crippen molar-refractivity contribution in [2.75, 3.05) is 12.4 Å². The SMILES string of the molecule is COC(=O)c1cccc(NC(=O)CC2CC2)c1. The van der Waals surface area contributed by atoms with Gasteiger partial charge in [-0.25, -0.2) is 4.79 Å². The third-order valence-electron chi connectivity index (χ3n) is 2.74. The molecule has 1 N–H and O–H groups in total. The Morgan fingerprint density at radius 3 is 2.82 bits per heavy atom. The van der Waals surface area contributed by atoms with E-state index in [2.05, 4.69) is 10.1 Å². The van der Waals surface area contributed by atoms with E-state index in [1.54, 1.807) is 24.3 Å². The smallest absolute Gasteiger partial charge is 0.337 e. The van der Waals surface area contributed by atoms with Crippen LogP contribution in [0.1, 0.15) is 29.6 Å². The summed E-state index contributed by atoms with van der Waals surface area (Å²) in [4.78, 5) is 22.9. The number of hydrogen-bond donors (Lipinski definition) is 1. The number of anilines is 1. The number of carbonyl (C=O) groups is 2. The molecule has 0 aromatic heterocycles. The van der Waals surface area contributed by atoms with E-state index in [4.69, 9.17) is 0 Å². The molecule has 2 rings (SSSR count). The van der Waals surface area contributed by atoms with Crippen LogP contribution < -0.4 is 5.32 Å². The third kappa shape index (κ3) is 3.31. The Labute approximate surface area is 100.0 Å². The average Bonchev–Trinajstić information content (AvgIpc) is 3.12. The highest BCUT2D eigenvalue weighted by molar-refractivity contribution is 5.94. The van der Waals surface area contributed by atoms with Gasteiger partial charge in [0.2, 0.25) is 5.91 Å². The van der Waals surface area contributed by atoms with Gasteiger partial charge in [-0.3, -0.25) is 4.79 Å². The number of rotatable bonds is 4. The van der Waals surface area contributed by atoms with Gasteiger partial charge in [0.25, 0.3) is 0 Å². The van der Waals surface area contributed by atoms with Gasteiger partial charge in [-0.05, 0) is 37.0 Å². The van der Waals surface area contributed by atoms with Gasteiger partial charge in [0, 0.05) is 12.1 Å². The molecule has 1 aliphatic rings. The van der Waals surface area contributed by atoms with Crippen LogP contribution in [0.2, 0.25) is 0 Å². The first-order valence-electron chi connectivity index (χ1n) is 5.67. The van der Waals surface area contributed by atoms with Crippen LogP contribution in [-0.2, 0) is 9.53 Å². The van der Waals surface area contributed by atoms with Gasteiger partial charge in [0.05, 0.1) is 12.7 Å². The van der Waals surface area contributed by atoms with Crippen LogP contribution in [0.25, 0.3) is 0 Å². The Morgan fingerprint density at radius 2 is 2.18 bits per heavy atom. The van der Waals surface area contributed by atoms with Gasteiger partial charge in [-0.15, -0.1) is 0 Å². The number of carbonyl (C=O) groups excluding carboxylic acids is 2. The standard InChI is InChI=1S/C13H15NO3/c1-17-13(16)10-3-2-4-11(8-10)14-12(15)7-9-5-6-9/h2-4,8-9H,5-7H2,1H3,(H,14,15). The molecule has 0 unspecified atom stereocenters. The van der Waals surface area contributed by atoms with Crippen molar-refractivity contribution in [3.63, 3.8) is 0 Å². The first-order chi connectivity index (χ1) is 8.19. The van der Waals surface area contributed by atoms with Crippen molar-refractivity contribution in [2.24, 2.45) is 5.92 Å². The van der Waals surface area contributed by atoms with Crippen LogP contribution in [0, 0.1) is 5.92 Å². The molecule has 0 saturated heterocycles. The summed E-state index contributed by atoms with van der Waals surface area (Å²) in [5.74, 6) is 0.164. The molecule has 1 amide bonds. The number of esters is 1. The van der Waals surface area contributed by atoms with E-state index in [9.17, 15) is 9.59 Å². The van der Waals surface area contributed by atoms with Crippen LogP contribution in [0.5, 0.6) is 0 Å². The molecule has 0 spiro atoms. The van der Waals surface area contributed by atoms with Crippen molar-refractivity contribution in [3.8, 4) is 0 Å². The van der Waals surface area contributed by atoms with Crippen molar-refractivity contribution in [1.29, 1.82) is 0 Å². The van der Waals surface area contributed by atoms with Gasteiger partial charge in [-0.1, -0.05) is 6.07 Å². The Kier molecular flexibility index (Phi) is 3.42. The second-order valence-electron chi connectivity index (χ2n) is 4.27. The van der Waals surface area contributed by atoms with Crippen molar-refractivity contribution in [3.05, 3.63) is 29.8 Å². The molecular formula is C13H15NO3. The third-order valence-corrected chi connectivity index (χ3v) is 2.74. The first kappa shape index (κ1) is 11.6. The molecule has 1 aromatic carbocycles. The van der Waals surface area contributed by atoms with Crippen molar-refractivity contribution in [2.45, 2.75) is 19.3 Å². The molecule has 0 heterocycles. The van der Waals surface area contributed by atoms with E-state index in [-0.39, 0.29) is 5.91 Å². The maximum absolute atomic E-state index is 11.6. The maximum atomic E-state index is 11.6. The summed E-state index contributed by atoms with van der Waals surface area (Å²) in [6, 6.07) is 6.76. The van der Waals surface area contributed by atoms with E-state index in [1.807, 2.05) is 0 Å². The molecule has 17 heavy (non-hydrogen) atoms. The Balaban J connectivity index is 1.99. The molecule has 4 nitrogen and oxygen atoms in total. The molecule has 0 aliphatic heterocycles. The number of amides is 1. The molecular weight excluding hydrogens is 218 g/mol. The highest BCUT2D eigenvalue weighted by Crippen LogP contribution is 2.32. The van der Waals surface area contributed by atoms with E-state index in [0.717, 1.165) is 12.8 Å². The Bertz CT molecular complexity index is 438. The lowest BCUT2D eigenvalue weighted by atomic mass is 10.2. The highest BCUT2D eigenvalue weighted by Gasteiger charge is 2.24. The fourth-order valence-corrected chi connectivity index (χ4v) is 1.64. The number of ether oxygens (including phenoxy) is 1. The van der Waals surface area contributed by atoms with Gasteiger partial charge in [0.15, 0.2) is 0 Å². The fraction of sp³-hybridized carbons (Fsp3) is 0.385. The minimum Gasteiger partial charge on any atom is -0.465 e. The fourth-order valence-electron chi connectivity index (χ4n) is 1.64. The summed E-state index contributed by atoms with van der Waals surface area (Å²) in [5.41, 5.74) is 1.08. The lowest BCUT2D eigenvalue weighted by molar-refractivity contribution is -0.116. The van der Waals surface area contributed by atoms with E-state index < -0.39 is 5.97 Å². The van der Waals surface area contributed by atoms with Crippen LogP contribution in [0.3, 0.4) is 0 Å². The average molecular weight is 233 g/mol. The molecule has 1 aromatic rings.